The minimum atomic E-state index is -4.76. The van der Waals surface area contributed by atoms with Crippen LogP contribution in [0.3, 0.4) is 0 Å². The Hall–Kier alpha value is -5.70. The van der Waals surface area contributed by atoms with Crippen molar-refractivity contribution in [3.8, 4) is 11.1 Å². The highest BCUT2D eigenvalue weighted by Gasteiger charge is 2.63. The van der Waals surface area contributed by atoms with Crippen molar-refractivity contribution >= 4 is 49.5 Å². The van der Waals surface area contributed by atoms with Crippen molar-refractivity contribution < 1.29 is 50.4 Å². The Morgan fingerprint density at radius 2 is 1.58 bits per heavy atom. The summed E-state index contributed by atoms with van der Waals surface area (Å²) in [7, 11) is -7.38. The number of ether oxygens (including phenoxy) is 2. The molecule has 3 N–H and O–H groups in total. The van der Waals surface area contributed by atoms with Crippen LogP contribution in [0.4, 0.5) is 10.5 Å². The van der Waals surface area contributed by atoms with E-state index in [1.165, 1.54) is 19.2 Å². The predicted molar refractivity (Wildman–Crippen MR) is 233 cm³/mol. The Morgan fingerprint density at radius 3 is 2.22 bits per heavy atom. The van der Waals surface area contributed by atoms with Gasteiger partial charge in [-0.05, 0) is 75.6 Å². The minimum absolute atomic E-state index is 0.0271. The third-order valence-electron chi connectivity index (χ3n) is 12.0. The molecule has 5 atom stereocenters. The number of benzene rings is 3. The Bertz CT molecular complexity index is 2560. The summed E-state index contributed by atoms with van der Waals surface area (Å²) in [4.78, 5) is 69.4. The lowest BCUT2D eigenvalue weighted by Crippen LogP contribution is -2.60. The summed E-state index contributed by atoms with van der Waals surface area (Å²) in [6.45, 7) is 3.45. The van der Waals surface area contributed by atoms with Crippen molar-refractivity contribution in [2.75, 3.05) is 26.7 Å². The maximum atomic E-state index is 15.3. The van der Waals surface area contributed by atoms with Gasteiger partial charge in [-0.3, -0.25) is 29.2 Å². The van der Waals surface area contributed by atoms with Crippen LogP contribution < -0.4 is 15.4 Å². The minimum Gasteiger partial charge on any atom is -0.444 e. The normalized spacial score (nSPS) is 26.2. The van der Waals surface area contributed by atoms with Crippen LogP contribution in [0.5, 0.6) is 0 Å². The zero-order valence-electron chi connectivity index (χ0n) is 35.9. The molecular weight excluding hydrogens is 869 g/mol. The molecule has 1 saturated heterocycles. The number of allylic oxidation sites excluding steroid dienone is 1. The number of rotatable bonds is 10. The van der Waals surface area contributed by atoms with Crippen LogP contribution in [0.2, 0.25) is 0 Å². The van der Waals surface area contributed by atoms with Crippen molar-refractivity contribution in [3.05, 3.63) is 107 Å². The van der Waals surface area contributed by atoms with Gasteiger partial charge in [0, 0.05) is 38.6 Å². The first kappa shape index (κ1) is 46.3. The zero-order chi connectivity index (χ0) is 46.2. The Morgan fingerprint density at radius 1 is 0.922 bits per heavy atom. The fraction of sp³-hybridized carbons (Fsp3) is 0.455. The van der Waals surface area contributed by atoms with E-state index in [4.69, 9.17) is 9.47 Å². The van der Waals surface area contributed by atoms with E-state index in [-0.39, 0.29) is 38.8 Å². The summed E-state index contributed by atoms with van der Waals surface area (Å²) in [5.41, 5.74) is -2.47. The molecule has 7 rings (SSSR count). The molecule has 64 heavy (non-hydrogen) atoms. The lowest BCUT2D eigenvalue weighted by atomic mass is 9.89. The van der Waals surface area contributed by atoms with Crippen LogP contribution in [0.15, 0.2) is 95.9 Å². The molecule has 4 aliphatic rings. The van der Waals surface area contributed by atoms with Gasteiger partial charge in [0.2, 0.25) is 31.9 Å². The summed E-state index contributed by atoms with van der Waals surface area (Å²) >= 11 is 0. The molecule has 0 aromatic heterocycles. The lowest BCUT2D eigenvalue weighted by Gasteiger charge is -2.33. The summed E-state index contributed by atoms with van der Waals surface area (Å²) in [6, 6.07) is 18.5. The largest absolute Gasteiger partial charge is 0.444 e. The van der Waals surface area contributed by atoms with Gasteiger partial charge in [0.05, 0.1) is 16.7 Å². The van der Waals surface area contributed by atoms with Crippen molar-refractivity contribution in [1.82, 2.24) is 24.6 Å². The van der Waals surface area contributed by atoms with Gasteiger partial charge in [0.1, 0.15) is 28.8 Å². The van der Waals surface area contributed by atoms with Gasteiger partial charge < -0.3 is 25.0 Å². The molecule has 2 heterocycles. The number of nitrogens with zero attached hydrogens (tertiary/aromatic N) is 3. The molecule has 20 heteroatoms. The number of carbonyl (C=O) groups excluding carboxylic acids is 4. The monoisotopic (exact) mass is 920 g/mol. The number of amides is 4. The first-order valence-electron chi connectivity index (χ1n) is 21.0. The van der Waals surface area contributed by atoms with E-state index in [2.05, 4.69) is 15.4 Å². The van der Waals surface area contributed by atoms with E-state index in [0.717, 1.165) is 32.5 Å². The predicted octanol–water partition coefficient (Wildman–Crippen LogP) is 4.12. The number of para-hydroxylation sites is 1. The van der Waals surface area contributed by atoms with E-state index in [1.807, 2.05) is 42.5 Å². The van der Waals surface area contributed by atoms with Crippen molar-refractivity contribution in [3.63, 3.8) is 0 Å². The number of methoxy groups -OCH3 is 1. The Labute approximate surface area is 372 Å². The van der Waals surface area contributed by atoms with Crippen LogP contribution in [0.25, 0.3) is 11.1 Å². The van der Waals surface area contributed by atoms with Gasteiger partial charge in [-0.1, -0.05) is 78.9 Å². The molecule has 18 nitrogen and oxygen atoms in total. The van der Waals surface area contributed by atoms with E-state index in [9.17, 15) is 41.3 Å². The highest BCUT2D eigenvalue weighted by molar-refractivity contribution is 7.91. The number of nitrogens with one attached hydrogen (secondary N) is 3. The molecule has 2 aliphatic carbocycles. The molecule has 0 unspecified atom stereocenters. The van der Waals surface area contributed by atoms with Gasteiger partial charge in [-0.2, -0.15) is 4.31 Å². The first-order chi connectivity index (χ1) is 30.2. The van der Waals surface area contributed by atoms with Gasteiger partial charge in [-0.25, -0.2) is 21.6 Å². The topological polar surface area (TPSA) is 241 Å². The van der Waals surface area contributed by atoms with Gasteiger partial charge in [0.15, 0.2) is 4.90 Å². The molecule has 0 bridgehead atoms. The molecule has 0 radical (unpaired) electrons. The fourth-order valence-electron chi connectivity index (χ4n) is 8.34. The Balaban J connectivity index is 1.33. The summed E-state index contributed by atoms with van der Waals surface area (Å²) in [5, 5.41) is 16.7. The molecule has 2 saturated carbocycles. The highest BCUT2D eigenvalue weighted by Crippen LogP contribution is 2.47. The second-order valence-electron chi connectivity index (χ2n) is 17.6. The average Bonchev–Trinajstić information content (AvgIpc) is 4.18. The molecular formula is C44H52N6O12S2. The van der Waals surface area contributed by atoms with Crippen LogP contribution in [0, 0.1) is 16.0 Å². The number of fused-ring (bicyclic) bond motifs is 2. The van der Waals surface area contributed by atoms with Crippen LogP contribution in [0.1, 0.15) is 64.9 Å². The number of hydrogen-bond acceptors (Lipinski definition) is 12. The molecule has 2 aliphatic heterocycles. The van der Waals surface area contributed by atoms with Crippen molar-refractivity contribution in [1.29, 1.82) is 0 Å². The molecule has 0 spiro atoms. The summed E-state index contributed by atoms with van der Waals surface area (Å²) in [5.74, 6) is -3.35. The lowest BCUT2D eigenvalue weighted by molar-refractivity contribution is -0.387. The second-order valence-corrected chi connectivity index (χ2v) is 21.5. The number of alkyl carbamates (subject to hydrolysis) is 1. The van der Waals surface area contributed by atoms with Crippen molar-refractivity contribution in [2.24, 2.45) is 5.92 Å². The van der Waals surface area contributed by atoms with Crippen molar-refractivity contribution in [2.45, 2.75) is 98.3 Å². The maximum absolute atomic E-state index is 15.3. The summed E-state index contributed by atoms with van der Waals surface area (Å²) in [6.07, 6.45) is 3.18. The molecule has 3 fully saturated rings. The number of sulfonamides is 2. The number of carbonyl (C=O) groups is 4. The second kappa shape index (κ2) is 17.7. The van der Waals surface area contributed by atoms with E-state index in [1.54, 1.807) is 45.1 Å². The van der Waals surface area contributed by atoms with Crippen LogP contribution in [-0.2, 0) is 49.5 Å². The molecule has 342 valence electrons. The third-order valence-corrected chi connectivity index (χ3v) is 15.7. The zero-order valence-corrected chi connectivity index (χ0v) is 37.5. The smallest absolute Gasteiger partial charge is 0.408 e. The van der Waals surface area contributed by atoms with Crippen LogP contribution >= 0.6 is 0 Å². The molecule has 3 aromatic rings. The van der Waals surface area contributed by atoms with E-state index < -0.39 is 106 Å². The average molecular weight is 921 g/mol. The van der Waals surface area contributed by atoms with E-state index in [0.29, 0.717) is 18.4 Å². The van der Waals surface area contributed by atoms with E-state index >= 15 is 4.79 Å². The van der Waals surface area contributed by atoms with Gasteiger partial charge in [-0.15, -0.1) is 0 Å². The molecule has 3 aromatic carbocycles. The van der Waals surface area contributed by atoms with Gasteiger partial charge >= 0.3 is 6.09 Å². The highest BCUT2D eigenvalue weighted by atomic mass is 32.2. The first-order valence-corrected chi connectivity index (χ1v) is 24.0. The van der Waals surface area contributed by atoms with Gasteiger partial charge in [0.25, 0.3) is 11.6 Å². The Kier molecular flexibility index (Phi) is 12.8. The number of hydrogen-bond donors (Lipinski definition) is 3. The fourth-order valence-corrected chi connectivity index (χ4v) is 11.4. The third kappa shape index (κ3) is 9.69. The molecule has 4 amide bonds. The number of nitro benzene ring substituents is 1. The standard InChI is InChI=1S/C44H52N6O12S2/c1-42(2,3)62-41(54)45-34-27-48(64(59,60)37-17-11-10-16-35(37)50(55)56)24-12-6-9-15-32-25-44(32,40(53)47-63(57,58)33-22-23-33)46-38(51)36-26-43(61-4,28-49(36)39(34)52)31-20-18-30(19-21-31)29-13-7-5-8-14-29/h5,7-11,13-21,32-34,36H,6,12,22-28H2,1-4H3,(H,45,54)(H,46,51)(H,47,53)/b15-9-/t32-,34-,36-,43-,44+/m0/s1. The van der Waals surface area contributed by atoms with Crippen LogP contribution in [-0.4, -0.2) is 110 Å². The number of nitro groups is 1. The maximum Gasteiger partial charge on any atom is 0.408 e. The quantitative estimate of drug-likeness (QED) is 0.148. The SMILES string of the molecule is CO[C@@]1(c2ccc(-c3ccccc3)cc2)C[C@H]2C(=O)N[C@]3(C(=O)NS(=O)(=O)C4CC4)C[C@@H]3/C=C\CCCN(S(=O)(=O)c3ccccc3[N+](=O)[O-])C[C@H](NC(=O)OC(C)(C)C)C(=O)N2C1. The summed E-state index contributed by atoms with van der Waals surface area (Å²) < 4.78 is 69.9.